The number of methoxy groups -OCH3 is 2. The largest absolute Gasteiger partial charge is 0.377 e. The fourth-order valence-corrected chi connectivity index (χ4v) is 2.72. The van der Waals surface area contributed by atoms with E-state index >= 15 is 0 Å². The zero-order valence-electron chi connectivity index (χ0n) is 12.7. The standard InChI is InChI=1S/C16H23NO3/c1-11-5-6-12(2)13(7-11)14(18)8-17-9-15(19-3)16(10-17)20-4/h5-7,15-16H,8-10H2,1-4H3. The highest BCUT2D eigenvalue weighted by Crippen LogP contribution is 2.17. The van der Waals surface area contributed by atoms with E-state index in [1.54, 1.807) is 14.2 Å². The van der Waals surface area contributed by atoms with Crippen molar-refractivity contribution in [1.29, 1.82) is 0 Å². The van der Waals surface area contributed by atoms with E-state index in [0.29, 0.717) is 6.54 Å². The van der Waals surface area contributed by atoms with E-state index in [4.69, 9.17) is 9.47 Å². The Balaban J connectivity index is 2.04. The molecular formula is C16H23NO3. The van der Waals surface area contributed by atoms with Crippen LogP contribution >= 0.6 is 0 Å². The number of carbonyl (C=O) groups is 1. The average molecular weight is 277 g/mol. The van der Waals surface area contributed by atoms with Gasteiger partial charge in [-0.25, -0.2) is 0 Å². The molecule has 2 rings (SSSR count). The monoisotopic (exact) mass is 277 g/mol. The maximum Gasteiger partial charge on any atom is 0.177 e. The van der Waals surface area contributed by atoms with Crippen molar-refractivity contribution in [1.82, 2.24) is 4.90 Å². The molecule has 0 aliphatic carbocycles. The summed E-state index contributed by atoms with van der Waals surface area (Å²) in [7, 11) is 3.37. The predicted molar refractivity (Wildman–Crippen MR) is 78.3 cm³/mol. The van der Waals surface area contributed by atoms with Crippen LogP contribution in [-0.2, 0) is 9.47 Å². The Labute approximate surface area is 120 Å². The fraction of sp³-hybridized carbons (Fsp3) is 0.562. The Morgan fingerprint density at radius 3 is 2.35 bits per heavy atom. The van der Waals surface area contributed by atoms with Crippen LogP contribution < -0.4 is 0 Å². The molecule has 2 unspecified atom stereocenters. The molecule has 0 N–H and O–H groups in total. The summed E-state index contributed by atoms with van der Waals surface area (Å²) in [5.41, 5.74) is 2.97. The van der Waals surface area contributed by atoms with Gasteiger partial charge >= 0.3 is 0 Å². The first kappa shape index (κ1) is 15.2. The number of likely N-dealkylation sites (tertiary alicyclic amines) is 1. The molecule has 1 saturated heterocycles. The third kappa shape index (κ3) is 3.26. The Kier molecular flexibility index (Phi) is 4.91. The highest BCUT2D eigenvalue weighted by atomic mass is 16.5. The number of benzene rings is 1. The molecule has 1 aliphatic heterocycles. The van der Waals surface area contributed by atoms with Gasteiger partial charge in [-0.1, -0.05) is 17.7 Å². The maximum atomic E-state index is 12.4. The van der Waals surface area contributed by atoms with Gasteiger partial charge in [0.05, 0.1) is 18.8 Å². The molecule has 1 aromatic rings. The summed E-state index contributed by atoms with van der Waals surface area (Å²) in [4.78, 5) is 14.5. The normalized spacial score (nSPS) is 23.2. The van der Waals surface area contributed by atoms with Gasteiger partial charge in [0, 0.05) is 32.9 Å². The van der Waals surface area contributed by atoms with E-state index in [0.717, 1.165) is 29.8 Å². The Morgan fingerprint density at radius 2 is 1.80 bits per heavy atom. The summed E-state index contributed by atoms with van der Waals surface area (Å²) in [6, 6.07) is 6.00. The van der Waals surface area contributed by atoms with Gasteiger partial charge in [0.2, 0.25) is 0 Å². The number of hydrogen-bond donors (Lipinski definition) is 0. The van der Waals surface area contributed by atoms with Crippen LogP contribution in [0.2, 0.25) is 0 Å². The van der Waals surface area contributed by atoms with E-state index in [1.807, 2.05) is 32.0 Å². The first-order chi connectivity index (χ1) is 9.55. The molecule has 1 fully saturated rings. The summed E-state index contributed by atoms with van der Waals surface area (Å²) in [6.07, 6.45) is 0.0952. The Morgan fingerprint density at radius 1 is 1.20 bits per heavy atom. The highest BCUT2D eigenvalue weighted by molar-refractivity contribution is 5.99. The Bertz CT molecular complexity index is 475. The van der Waals surface area contributed by atoms with Crippen LogP contribution in [0.15, 0.2) is 18.2 Å². The minimum absolute atomic E-state index is 0.0476. The molecule has 0 radical (unpaired) electrons. The zero-order chi connectivity index (χ0) is 14.7. The lowest BCUT2D eigenvalue weighted by atomic mass is 10.0. The SMILES string of the molecule is COC1CN(CC(=O)c2cc(C)ccc2C)CC1OC. The second-order valence-corrected chi connectivity index (χ2v) is 5.48. The third-order valence-electron chi connectivity index (χ3n) is 3.96. The number of ketones is 1. The minimum Gasteiger partial charge on any atom is -0.377 e. The van der Waals surface area contributed by atoms with Gasteiger partial charge in [-0.15, -0.1) is 0 Å². The summed E-state index contributed by atoms with van der Waals surface area (Å²) >= 11 is 0. The molecule has 0 saturated carbocycles. The second kappa shape index (κ2) is 6.48. The van der Waals surface area contributed by atoms with Crippen molar-refractivity contribution in [3.05, 3.63) is 34.9 Å². The van der Waals surface area contributed by atoms with E-state index < -0.39 is 0 Å². The van der Waals surface area contributed by atoms with Crippen molar-refractivity contribution in [3.63, 3.8) is 0 Å². The predicted octanol–water partition coefficient (Wildman–Crippen LogP) is 1.83. The molecule has 0 amide bonds. The number of Topliss-reactive ketones (excluding diaryl/α,β-unsaturated/α-hetero) is 1. The van der Waals surface area contributed by atoms with Gasteiger partial charge in [-0.05, 0) is 25.5 Å². The highest BCUT2D eigenvalue weighted by Gasteiger charge is 2.33. The van der Waals surface area contributed by atoms with Crippen LogP contribution in [-0.4, -0.2) is 56.7 Å². The second-order valence-electron chi connectivity index (χ2n) is 5.48. The lowest BCUT2D eigenvalue weighted by Crippen LogP contribution is -2.29. The first-order valence-electron chi connectivity index (χ1n) is 6.93. The molecular weight excluding hydrogens is 254 g/mol. The van der Waals surface area contributed by atoms with Crippen molar-refractivity contribution >= 4 is 5.78 Å². The van der Waals surface area contributed by atoms with Crippen molar-refractivity contribution in [2.75, 3.05) is 33.9 Å². The molecule has 0 aromatic heterocycles. The number of hydrogen-bond acceptors (Lipinski definition) is 4. The third-order valence-corrected chi connectivity index (χ3v) is 3.96. The molecule has 1 heterocycles. The average Bonchev–Trinajstić information content (AvgIpc) is 2.83. The first-order valence-corrected chi connectivity index (χ1v) is 6.93. The minimum atomic E-state index is 0.0476. The van der Waals surface area contributed by atoms with Crippen LogP contribution in [0, 0.1) is 13.8 Å². The molecule has 4 heteroatoms. The van der Waals surface area contributed by atoms with Crippen LogP contribution in [0.1, 0.15) is 21.5 Å². The van der Waals surface area contributed by atoms with Crippen molar-refractivity contribution in [2.24, 2.45) is 0 Å². The van der Waals surface area contributed by atoms with E-state index in [1.165, 1.54) is 0 Å². The van der Waals surface area contributed by atoms with Gasteiger partial charge in [0.1, 0.15) is 0 Å². The number of rotatable bonds is 5. The zero-order valence-corrected chi connectivity index (χ0v) is 12.7. The molecule has 1 aromatic carbocycles. The van der Waals surface area contributed by atoms with Gasteiger partial charge in [-0.3, -0.25) is 9.69 Å². The number of carbonyl (C=O) groups excluding carboxylic acids is 1. The van der Waals surface area contributed by atoms with Crippen molar-refractivity contribution < 1.29 is 14.3 Å². The quantitative estimate of drug-likeness (QED) is 0.770. The van der Waals surface area contributed by atoms with Crippen molar-refractivity contribution in [3.8, 4) is 0 Å². The molecule has 1 aliphatic rings. The molecule has 2 atom stereocenters. The van der Waals surface area contributed by atoms with Gasteiger partial charge < -0.3 is 9.47 Å². The lowest BCUT2D eigenvalue weighted by molar-refractivity contribution is -0.00461. The number of nitrogens with zero attached hydrogens (tertiary/aromatic N) is 1. The number of ether oxygens (including phenoxy) is 2. The molecule has 20 heavy (non-hydrogen) atoms. The van der Waals surface area contributed by atoms with Gasteiger partial charge in [-0.2, -0.15) is 0 Å². The summed E-state index contributed by atoms with van der Waals surface area (Å²) in [5.74, 6) is 0.165. The number of aryl methyl sites for hydroxylation is 2. The smallest absolute Gasteiger partial charge is 0.177 e. The maximum absolute atomic E-state index is 12.4. The molecule has 0 spiro atoms. The van der Waals surface area contributed by atoms with Gasteiger partial charge in [0.15, 0.2) is 5.78 Å². The van der Waals surface area contributed by atoms with E-state index in [9.17, 15) is 4.79 Å². The topological polar surface area (TPSA) is 38.8 Å². The van der Waals surface area contributed by atoms with Crippen LogP contribution in [0.25, 0.3) is 0 Å². The van der Waals surface area contributed by atoms with E-state index in [2.05, 4.69) is 4.90 Å². The molecule has 110 valence electrons. The molecule has 4 nitrogen and oxygen atoms in total. The van der Waals surface area contributed by atoms with Crippen LogP contribution in [0.4, 0.5) is 0 Å². The van der Waals surface area contributed by atoms with Crippen LogP contribution in [0.5, 0.6) is 0 Å². The summed E-state index contributed by atoms with van der Waals surface area (Å²) < 4.78 is 10.8. The van der Waals surface area contributed by atoms with Crippen molar-refractivity contribution in [2.45, 2.75) is 26.1 Å². The molecule has 0 bridgehead atoms. The van der Waals surface area contributed by atoms with Gasteiger partial charge in [0.25, 0.3) is 0 Å². The fourth-order valence-electron chi connectivity index (χ4n) is 2.72. The Hall–Kier alpha value is -1.23. The van der Waals surface area contributed by atoms with E-state index in [-0.39, 0.29) is 18.0 Å². The summed E-state index contributed by atoms with van der Waals surface area (Å²) in [5, 5.41) is 0. The van der Waals surface area contributed by atoms with Crippen LogP contribution in [0.3, 0.4) is 0 Å². The lowest BCUT2D eigenvalue weighted by Gasteiger charge is -2.15. The summed E-state index contributed by atoms with van der Waals surface area (Å²) in [6.45, 7) is 5.89.